The number of hydrogen-bond donors (Lipinski definition) is 1. The number of rotatable bonds is 5. The minimum atomic E-state index is -0.569. The molecule has 0 spiro atoms. The Labute approximate surface area is 150 Å². The first kappa shape index (κ1) is 22.6. The Morgan fingerprint density at radius 2 is 1.84 bits per heavy atom. The van der Waals surface area contributed by atoms with Gasteiger partial charge >= 0.3 is 5.97 Å². The van der Waals surface area contributed by atoms with Gasteiger partial charge in [-0.1, -0.05) is 34.6 Å². The van der Waals surface area contributed by atoms with Crippen molar-refractivity contribution in [1.82, 2.24) is 4.98 Å². The third-order valence-corrected chi connectivity index (χ3v) is 3.04. The Bertz CT molecular complexity index is 616. The highest BCUT2D eigenvalue weighted by molar-refractivity contribution is 5.98. The molecule has 0 atom stereocenters. The highest BCUT2D eigenvalue weighted by Crippen LogP contribution is 2.26. The van der Waals surface area contributed by atoms with Gasteiger partial charge in [0, 0.05) is 23.1 Å². The highest BCUT2D eigenvalue weighted by Gasteiger charge is 2.23. The van der Waals surface area contributed by atoms with Crippen LogP contribution in [0.2, 0.25) is 0 Å². The number of hydrogen-bond acceptors (Lipinski definition) is 5. The van der Waals surface area contributed by atoms with Crippen LogP contribution in [0.4, 0.5) is 5.82 Å². The first-order chi connectivity index (χ1) is 11.7. The van der Waals surface area contributed by atoms with E-state index >= 15 is 0 Å². The van der Waals surface area contributed by atoms with Gasteiger partial charge in [0.1, 0.15) is 5.82 Å². The van der Waals surface area contributed by atoms with Crippen LogP contribution in [0.5, 0.6) is 5.88 Å². The van der Waals surface area contributed by atoms with Gasteiger partial charge in [0.2, 0.25) is 11.8 Å². The van der Waals surface area contributed by atoms with Crippen molar-refractivity contribution in [2.75, 3.05) is 19.0 Å². The van der Waals surface area contributed by atoms with E-state index in [0.29, 0.717) is 29.4 Å². The Balaban J connectivity index is 0.00000277. The van der Waals surface area contributed by atoms with Crippen molar-refractivity contribution < 1.29 is 19.1 Å². The number of ether oxygens (including phenoxy) is 2. The van der Waals surface area contributed by atoms with Crippen molar-refractivity contribution in [3.05, 3.63) is 23.8 Å². The van der Waals surface area contributed by atoms with Crippen molar-refractivity contribution in [3.8, 4) is 5.88 Å². The van der Waals surface area contributed by atoms with Gasteiger partial charge in [-0.25, -0.2) is 4.79 Å². The largest absolute Gasteiger partial charge is 0.481 e. The molecule has 0 aliphatic heterocycles. The number of pyridine rings is 1. The molecule has 1 rings (SSSR count). The maximum absolute atomic E-state index is 12.2. The molecular weight excluding hydrogens is 320 g/mol. The van der Waals surface area contributed by atoms with E-state index in [1.165, 1.54) is 13.2 Å². The molecule has 140 valence electrons. The second kappa shape index (κ2) is 10.5. The molecule has 1 heterocycles. The fourth-order valence-corrected chi connectivity index (χ4v) is 1.70. The van der Waals surface area contributed by atoms with Gasteiger partial charge < -0.3 is 14.8 Å². The summed E-state index contributed by atoms with van der Waals surface area (Å²) in [6, 6.07) is 3.42. The monoisotopic (exact) mass is 350 g/mol. The summed E-state index contributed by atoms with van der Waals surface area (Å²) in [5.41, 5.74) is 0.708. The molecule has 0 aliphatic carbocycles. The first-order valence-electron chi connectivity index (χ1n) is 8.41. The molecule has 0 unspecified atom stereocenters. The maximum atomic E-state index is 12.2. The van der Waals surface area contributed by atoms with E-state index < -0.39 is 11.4 Å². The van der Waals surface area contributed by atoms with Crippen LogP contribution in [0.25, 0.3) is 5.57 Å². The fourth-order valence-electron chi connectivity index (χ4n) is 1.70. The molecule has 6 heteroatoms. The van der Waals surface area contributed by atoms with Crippen molar-refractivity contribution in [1.29, 1.82) is 0 Å². The number of anilines is 1. The van der Waals surface area contributed by atoms with Crippen molar-refractivity contribution in [3.63, 3.8) is 0 Å². The molecule has 0 saturated carbocycles. The Kier molecular flexibility index (Phi) is 9.49. The summed E-state index contributed by atoms with van der Waals surface area (Å²) >= 11 is 0. The number of nitrogens with one attached hydrogen (secondary N) is 1. The zero-order valence-corrected chi connectivity index (χ0v) is 16.5. The van der Waals surface area contributed by atoms with Gasteiger partial charge in [-0.15, -0.1) is 0 Å². The third kappa shape index (κ3) is 7.37. The van der Waals surface area contributed by atoms with Crippen LogP contribution < -0.4 is 10.1 Å². The average Bonchev–Trinajstić information content (AvgIpc) is 2.55. The molecule has 1 aromatic rings. The summed E-state index contributed by atoms with van der Waals surface area (Å²) in [6.45, 7) is 13.2. The van der Waals surface area contributed by atoms with E-state index in [0.717, 1.165) is 0 Å². The average molecular weight is 350 g/mol. The van der Waals surface area contributed by atoms with Crippen LogP contribution in [0.1, 0.15) is 54.0 Å². The molecule has 0 bridgehead atoms. The van der Waals surface area contributed by atoms with E-state index in [1.54, 1.807) is 26.0 Å². The molecule has 0 saturated heterocycles. The maximum Gasteiger partial charge on any atom is 0.331 e. The number of carbonyl (C=O) groups is 2. The van der Waals surface area contributed by atoms with E-state index in [9.17, 15) is 9.59 Å². The summed E-state index contributed by atoms with van der Waals surface area (Å²) in [6.07, 6.45) is 1.37. The lowest BCUT2D eigenvalue weighted by atomic mass is 9.95. The number of nitrogens with zero attached hydrogens (tertiary/aromatic N) is 1. The van der Waals surface area contributed by atoms with Gasteiger partial charge in [-0.05, 0) is 25.5 Å². The summed E-state index contributed by atoms with van der Waals surface area (Å²) in [4.78, 5) is 28.1. The Morgan fingerprint density at radius 3 is 2.32 bits per heavy atom. The minimum Gasteiger partial charge on any atom is -0.481 e. The summed E-state index contributed by atoms with van der Waals surface area (Å²) in [7, 11) is 1.50. The van der Waals surface area contributed by atoms with Crippen LogP contribution in [0.15, 0.2) is 18.2 Å². The predicted molar refractivity (Wildman–Crippen MR) is 101 cm³/mol. The third-order valence-electron chi connectivity index (χ3n) is 3.04. The van der Waals surface area contributed by atoms with Crippen molar-refractivity contribution in [2.24, 2.45) is 5.41 Å². The molecule has 6 nitrogen and oxygen atoms in total. The topological polar surface area (TPSA) is 77.5 Å². The van der Waals surface area contributed by atoms with E-state index in [4.69, 9.17) is 9.47 Å². The lowest BCUT2D eigenvalue weighted by molar-refractivity contribution is -0.137. The van der Waals surface area contributed by atoms with Crippen LogP contribution >= 0.6 is 0 Å². The number of esters is 1. The van der Waals surface area contributed by atoms with Gasteiger partial charge in [0.25, 0.3) is 0 Å². The van der Waals surface area contributed by atoms with Gasteiger partial charge in [-0.2, -0.15) is 4.98 Å². The Hall–Kier alpha value is -2.37. The number of allylic oxidation sites excluding steroid dienone is 1. The zero-order chi connectivity index (χ0) is 19.6. The molecule has 0 aromatic carbocycles. The van der Waals surface area contributed by atoms with Gasteiger partial charge in [-0.3, -0.25) is 4.79 Å². The number of methoxy groups -OCH3 is 1. The minimum absolute atomic E-state index is 0.177. The second-order valence-electron chi connectivity index (χ2n) is 6.03. The quantitative estimate of drug-likeness (QED) is 0.640. The van der Waals surface area contributed by atoms with Crippen LogP contribution in [0.3, 0.4) is 0 Å². The summed E-state index contributed by atoms with van der Waals surface area (Å²) in [5, 5.41) is 2.79. The lowest BCUT2D eigenvalue weighted by Crippen LogP contribution is -2.28. The number of aromatic nitrogens is 1. The molecule has 0 aliphatic rings. The van der Waals surface area contributed by atoms with Gasteiger partial charge in [0.15, 0.2) is 0 Å². The molecule has 25 heavy (non-hydrogen) atoms. The fraction of sp³-hybridized carbons (Fsp3) is 0.526. The van der Waals surface area contributed by atoms with Crippen LogP contribution in [0, 0.1) is 5.41 Å². The highest BCUT2D eigenvalue weighted by atomic mass is 16.5. The normalized spacial score (nSPS) is 11.1. The SMILES string of the molecule is CC.CCOC(=O)/C=C(\C)c1ccc(OC)nc1NC(=O)C(C)(C)C. The number of amides is 1. The second-order valence-corrected chi connectivity index (χ2v) is 6.03. The molecule has 0 radical (unpaired) electrons. The van der Waals surface area contributed by atoms with Crippen LogP contribution in [-0.4, -0.2) is 30.6 Å². The lowest BCUT2D eigenvalue weighted by Gasteiger charge is -2.19. The summed E-state index contributed by atoms with van der Waals surface area (Å²) < 4.78 is 10.0. The van der Waals surface area contributed by atoms with E-state index in [1.807, 2.05) is 34.6 Å². The van der Waals surface area contributed by atoms with Crippen LogP contribution in [-0.2, 0) is 14.3 Å². The molecular formula is C19H30N2O4. The number of carbonyl (C=O) groups excluding carboxylic acids is 2. The smallest absolute Gasteiger partial charge is 0.331 e. The van der Waals surface area contributed by atoms with E-state index in [-0.39, 0.29) is 5.91 Å². The molecule has 1 N–H and O–H groups in total. The molecule has 1 aromatic heterocycles. The first-order valence-corrected chi connectivity index (χ1v) is 8.41. The Morgan fingerprint density at radius 1 is 1.24 bits per heavy atom. The summed E-state index contributed by atoms with van der Waals surface area (Å²) in [5.74, 6) is 0.113. The zero-order valence-electron chi connectivity index (χ0n) is 16.5. The molecule has 1 amide bonds. The van der Waals surface area contributed by atoms with Crippen molar-refractivity contribution >= 4 is 23.3 Å². The standard InChI is InChI=1S/C17H24N2O4.C2H6/c1-7-23-14(20)10-11(2)12-8-9-13(22-6)18-15(12)19-16(21)17(3,4)5;1-2/h8-10H,7H2,1-6H3,(H,18,19,21);1-2H3/b11-10+;. The van der Waals surface area contributed by atoms with E-state index in [2.05, 4.69) is 10.3 Å². The predicted octanol–water partition coefficient (Wildman–Crippen LogP) is 4.07. The van der Waals surface area contributed by atoms with Crippen molar-refractivity contribution in [2.45, 2.75) is 48.5 Å². The molecule has 0 fully saturated rings. The van der Waals surface area contributed by atoms with Gasteiger partial charge in [0.05, 0.1) is 13.7 Å².